The van der Waals surface area contributed by atoms with Crippen molar-refractivity contribution >= 4 is 5.91 Å². The smallest absolute Gasteiger partial charge is 0.255 e. The maximum atomic E-state index is 13.4. The van der Waals surface area contributed by atoms with E-state index < -0.39 is 5.82 Å². The molecule has 0 aliphatic heterocycles. The number of likely N-dealkylation sites (N-methyl/N-ethyl adjacent to an activating group) is 1. The third kappa shape index (κ3) is 4.05. The highest BCUT2D eigenvalue weighted by Gasteiger charge is 2.20. The number of rotatable bonds is 4. The molecule has 5 heteroatoms. The van der Waals surface area contributed by atoms with Gasteiger partial charge in [0.25, 0.3) is 5.91 Å². The molecular weight excluding hydrogens is 259 g/mol. The zero-order valence-corrected chi connectivity index (χ0v) is 11.9. The number of hydrogen-bond acceptors (Lipinski definition) is 3. The number of amides is 1. The Hall–Kier alpha value is -1.90. The van der Waals surface area contributed by atoms with E-state index >= 15 is 0 Å². The summed E-state index contributed by atoms with van der Waals surface area (Å²) in [7, 11) is 3.21. The van der Waals surface area contributed by atoms with Crippen molar-refractivity contribution in [1.29, 1.82) is 0 Å². The Balaban J connectivity index is 3.10. The molecule has 0 aliphatic carbocycles. The Labute approximate surface area is 118 Å². The Morgan fingerprint density at radius 2 is 2.25 bits per heavy atom. The van der Waals surface area contributed by atoms with Crippen LogP contribution in [0, 0.1) is 17.7 Å². The van der Waals surface area contributed by atoms with Crippen LogP contribution in [0.15, 0.2) is 18.2 Å². The average molecular weight is 278 g/mol. The summed E-state index contributed by atoms with van der Waals surface area (Å²) >= 11 is 0. The highest BCUT2D eigenvalue weighted by molar-refractivity contribution is 5.96. The van der Waals surface area contributed by atoms with E-state index in [4.69, 9.17) is 10.5 Å². The van der Waals surface area contributed by atoms with Gasteiger partial charge in [-0.15, -0.1) is 0 Å². The zero-order valence-electron chi connectivity index (χ0n) is 11.9. The number of nitrogens with two attached hydrogens (primary N) is 1. The molecule has 20 heavy (non-hydrogen) atoms. The maximum Gasteiger partial charge on any atom is 0.255 e. The zero-order chi connectivity index (χ0) is 15.1. The van der Waals surface area contributed by atoms with E-state index in [1.165, 1.54) is 23.1 Å². The number of hydrogen-bond donors (Lipinski definition) is 1. The standard InChI is InChI=1S/C15H19FN2O2/c1-11(10-20-3)18(2)15(19)14-9-13(16)7-6-12(14)5-4-8-17/h6-7,9,11H,8,10,17H2,1-3H3. The monoisotopic (exact) mass is 278 g/mol. The van der Waals surface area contributed by atoms with E-state index in [-0.39, 0.29) is 24.1 Å². The summed E-state index contributed by atoms with van der Waals surface area (Å²) in [6, 6.07) is 3.83. The van der Waals surface area contributed by atoms with Crippen molar-refractivity contribution in [2.24, 2.45) is 5.73 Å². The van der Waals surface area contributed by atoms with Crippen LogP contribution in [-0.4, -0.2) is 44.2 Å². The molecule has 4 nitrogen and oxygen atoms in total. The predicted octanol–water partition coefficient (Wildman–Crippen LogP) is 1.24. The third-order valence-corrected chi connectivity index (χ3v) is 2.93. The number of benzene rings is 1. The lowest BCUT2D eigenvalue weighted by molar-refractivity contribution is 0.0633. The van der Waals surface area contributed by atoms with Crippen LogP contribution in [0.5, 0.6) is 0 Å². The van der Waals surface area contributed by atoms with Crippen LogP contribution < -0.4 is 5.73 Å². The van der Waals surface area contributed by atoms with Crippen LogP contribution in [0.4, 0.5) is 4.39 Å². The molecule has 0 aliphatic rings. The molecule has 108 valence electrons. The van der Waals surface area contributed by atoms with Gasteiger partial charge in [0, 0.05) is 19.7 Å². The van der Waals surface area contributed by atoms with Crippen molar-refractivity contribution in [3.8, 4) is 11.8 Å². The summed E-state index contributed by atoms with van der Waals surface area (Å²) in [4.78, 5) is 13.9. The number of carbonyl (C=O) groups excluding carboxylic acids is 1. The molecule has 1 atom stereocenters. The van der Waals surface area contributed by atoms with E-state index in [9.17, 15) is 9.18 Å². The van der Waals surface area contributed by atoms with Gasteiger partial charge < -0.3 is 15.4 Å². The number of halogens is 1. The first-order valence-corrected chi connectivity index (χ1v) is 6.25. The van der Waals surface area contributed by atoms with Gasteiger partial charge in [-0.25, -0.2) is 4.39 Å². The summed E-state index contributed by atoms with van der Waals surface area (Å²) in [5.74, 6) is 4.69. The second-order valence-corrected chi connectivity index (χ2v) is 4.42. The van der Waals surface area contributed by atoms with Gasteiger partial charge in [0.05, 0.1) is 24.8 Å². The van der Waals surface area contributed by atoms with Crippen molar-refractivity contribution in [3.63, 3.8) is 0 Å². The third-order valence-electron chi connectivity index (χ3n) is 2.93. The fourth-order valence-corrected chi connectivity index (χ4v) is 1.69. The molecule has 0 saturated carbocycles. The van der Waals surface area contributed by atoms with Crippen molar-refractivity contribution in [1.82, 2.24) is 4.90 Å². The molecule has 0 spiro atoms. The summed E-state index contributed by atoms with van der Waals surface area (Å²) in [5.41, 5.74) is 6.02. The molecule has 0 saturated heterocycles. The summed E-state index contributed by atoms with van der Waals surface area (Å²) in [6.45, 7) is 2.44. The first kappa shape index (κ1) is 16.2. The highest BCUT2D eigenvalue weighted by atomic mass is 19.1. The van der Waals surface area contributed by atoms with Gasteiger partial charge in [0.2, 0.25) is 0 Å². The molecule has 2 N–H and O–H groups in total. The van der Waals surface area contributed by atoms with Gasteiger partial charge in [-0.1, -0.05) is 11.8 Å². The molecular formula is C15H19FN2O2. The Kier molecular flexibility index (Phi) is 6.16. The molecule has 1 aromatic carbocycles. The first-order chi connectivity index (χ1) is 9.51. The Bertz CT molecular complexity index is 534. The van der Waals surface area contributed by atoms with Crippen LogP contribution in [0.1, 0.15) is 22.8 Å². The maximum absolute atomic E-state index is 13.4. The molecule has 1 rings (SSSR count). The molecule has 0 heterocycles. The normalized spacial score (nSPS) is 11.4. The fourth-order valence-electron chi connectivity index (χ4n) is 1.69. The van der Waals surface area contributed by atoms with Crippen molar-refractivity contribution < 1.29 is 13.9 Å². The lowest BCUT2D eigenvalue weighted by Crippen LogP contribution is -2.38. The van der Waals surface area contributed by atoms with Gasteiger partial charge in [-0.3, -0.25) is 4.79 Å². The lowest BCUT2D eigenvalue weighted by Gasteiger charge is -2.24. The topological polar surface area (TPSA) is 55.6 Å². The van der Waals surface area contributed by atoms with Crippen LogP contribution in [0.3, 0.4) is 0 Å². The largest absolute Gasteiger partial charge is 0.383 e. The van der Waals surface area contributed by atoms with Crippen LogP contribution in [0.2, 0.25) is 0 Å². The van der Waals surface area contributed by atoms with Crippen molar-refractivity contribution in [3.05, 3.63) is 35.1 Å². The lowest BCUT2D eigenvalue weighted by atomic mass is 10.1. The quantitative estimate of drug-likeness (QED) is 0.843. The second-order valence-electron chi connectivity index (χ2n) is 4.42. The summed E-state index contributed by atoms with van der Waals surface area (Å²) < 4.78 is 18.4. The molecule has 0 fully saturated rings. The number of nitrogens with zero attached hydrogens (tertiary/aromatic N) is 1. The minimum Gasteiger partial charge on any atom is -0.383 e. The minimum absolute atomic E-state index is 0.119. The molecule has 1 aromatic rings. The highest BCUT2D eigenvalue weighted by Crippen LogP contribution is 2.14. The molecule has 0 aromatic heterocycles. The molecule has 0 bridgehead atoms. The van der Waals surface area contributed by atoms with Gasteiger partial charge >= 0.3 is 0 Å². The SMILES string of the molecule is COCC(C)N(C)C(=O)c1cc(F)ccc1C#CCN. The molecule has 1 unspecified atom stereocenters. The number of methoxy groups -OCH3 is 1. The van der Waals surface area contributed by atoms with E-state index in [2.05, 4.69) is 11.8 Å². The molecule has 0 radical (unpaired) electrons. The molecule has 1 amide bonds. The van der Waals surface area contributed by atoms with E-state index in [1.807, 2.05) is 6.92 Å². The van der Waals surface area contributed by atoms with Crippen LogP contribution >= 0.6 is 0 Å². The van der Waals surface area contributed by atoms with Crippen molar-refractivity contribution in [2.45, 2.75) is 13.0 Å². The van der Waals surface area contributed by atoms with Gasteiger partial charge in [0.15, 0.2) is 0 Å². The van der Waals surface area contributed by atoms with Crippen molar-refractivity contribution in [2.75, 3.05) is 27.3 Å². The Morgan fingerprint density at radius 3 is 2.85 bits per heavy atom. The van der Waals surface area contributed by atoms with Crippen LogP contribution in [-0.2, 0) is 4.74 Å². The van der Waals surface area contributed by atoms with Crippen LogP contribution in [0.25, 0.3) is 0 Å². The van der Waals surface area contributed by atoms with E-state index in [0.29, 0.717) is 12.2 Å². The predicted molar refractivity (Wildman–Crippen MR) is 75.8 cm³/mol. The average Bonchev–Trinajstić information content (AvgIpc) is 2.44. The van der Waals surface area contributed by atoms with E-state index in [1.54, 1.807) is 14.2 Å². The summed E-state index contributed by atoms with van der Waals surface area (Å²) in [6.07, 6.45) is 0. The van der Waals surface area contributed by atoms with Gasteiger partial charge in [0.1, 0.15) is 5.82 Å². The minimum atomic E-state index is -0.473. The fraction of sp³-hybridized carbons (Fsp3) is 0.400. The van der Waals surface area contributed by atoms with Gasteiger partial charge in [-0.05, 0) is 25.1 Å². The number of ether oxygens (including phenoxy) is 1. The Morgan fingerprint density at radius 1 is 1.55 bits per heavy atom. The second kappa shape index (κ2) is 7.63. The number of carbonyl (C=O) groups is 1. The first-order valence-electron chi connectivity index (χ1n) is 6.25. The van der Waals surface area contributed by atoms with E-state index in [0.717, 1.165) is 0 Å². The summed E-state index contributed by atoms with van der Waals surface area (Å²) in [5, 5.41) is 0. The van der Waals surface area contributed by atoms with Gasteiger partial charge in [-0.2, -0.15) is 0 Å².